The first-order valence-electron chi connectivity index (χ1n) is 15.2. The molecular weight excluding hydrogens is 522 g/mol. The van der Waals surface area contributed by atoms with E-state index in [0.29, 0.717) is 22.9 Å². The molecule has 1 N–H and O–H groups in total. The average molecular weight is 568 g/mol. The van der Waals surface area contributed by atoms with Gasteiger partial charge in [0.25, 0.3) is 11.7 Å². The van der Waals surface area contributed by atoms with Crippen molar-refractivity contribution in [3.63, 3.8) is 0 Å². The molecule has 1 fully saturated rings. The number of hydrogen-bond acceptors (Lipinski definition) is 4. The third-order valence-corrected chi connectivity index (χ3v) is 8.09. The summed E-state index contributed by atoms with van der Waals surface area (Å²) in [7, 11) is 1.59. The summed E-state index contributed by atoms with van der Waals surface area (Å²) in [6.07, 6.45) is 17.6. The zero-order valence-corrected chi connectivity index (χ0v) is 25.1. The summed E-state index contributed by atoms with van der Waals surface area (Å²) in [6.45, 7) is 2.73. The van der Waals surface area contributed by atoms with Crippen LogP contribution in [0.1, 0.15) is 114 Å². The molecule has 1 aliphatic rings. The lowest BCUT2D eigenvalue weighted by molar-refractivity contribution is -0.139. The van der Waals surface area contributed by atoms with Gasteiger partial charge in [0.1, 0.15) is 11.5 Å². The van der Waals surface area contributed by atoms with Gasteiger partial charge in [-0.15, -0.1) is 0 Å². The van der Waals surface area contributed by atoms with Gasteiger partial charge in [-0.3, -0.25) is 9.59 Å². The summed E-state index contributed by atoms with van der Waals surface area (Å²) < 4.78 is 5.29. The number of ketones is 1. The fraction of sp³-hybridized carbons (Fsp3) is 0.529. The molecule has 3 rings (SSSR count). The van der Waals surface area contributed by atoms with Crippen LogP contribution in [0.5, 0.6) is 5.75 Å². The molecule has 0 spiro atoms. The minimum Gasteiger partial charge on any atom is -0.507 e. The van der Waals surface area contributed by atoms with Crippen LogP contribution >= 0.6 is 11.6 Å². The number of aliphatic hydroxyl groups is 1. The topological polar surface area (TPSA) is 66.8 Å². The lowest BCUT2D eigenvalue weighted by Crippen LogP contribution is -2.30. The lowest BCUT2D eigenvalue weighted by Gasteiger charge is -2.25. The van der Waals surface area contributed by atoms with E-state index in [1.807, 2.05) is 24.3 Å². The Labute approximate surface area is 245 Å². The minimum atomic E-state index is -0.654. The lowest BCUT2D eigenvalue weighted by atomic mass is 9.95. The second-order valence-corrected chi connectivity index (χ2v) is 11.3. The van der Waals surface area contributed by atoms with Gasteiger partial charge in [0.2, 0.25) is 0 Å². The van der Waals surface area contributed by atoms with Crippen molar-refractivity contribution in [2.24, 2.45) is 0 Å². The zero-order chi connectivity index (χ0) is 28.7. The number of carbonyl (C=O) groups is 2. The van der Waals surface area contributed by atoms with Crippen molar-refractivity contribution in [1.82, 2.24) is 4.90 Å². The van der Waals surface area contributed by atoms with Gasteiger partial charge in [-0.25, -0.2) is 0 Å². The van der Waals surface area contributed by atoms with Crippen LogP contribution < -0.4 is 4.74 Å². The largest absolute Gasteiger partial charge is 0.507 e. The smallest absolute Gasteiger partial charge is 0.295 e. The van der Waals surface area contributed by atoms with E-state index in [2.05, 4.69) is 6.92 Å². The van der Waals surface area contributed by atoms with Gasteiger partial charge >= 0.3 is 0 Å². The number of aliphatic hydroxyl groups excluding tert-OH is 1. The Morgan fingerprint density at radius 3 is 1.77 bits per heavy atom. The van der Waals surface area contributed by atoms with Crippen LogP contribution in [-0.2, 0) is 9.59 Å². The first kappa shape index (κ1) is 31.7. The molecule has 0 radical (unpaired) electrons. The maximum Gasteiger partial charge on any atom is 0.295 e. The van der Waals surface area contributed by atoms with E-state index >= 15 is 0 Å². The second-order valence-electron chi connectivity index (χ2n) is 10.9. The quantitative estimate of drug-likeness (QED) is 0.0843. The van der Waals surface area contributed by atoms with Crippen LogP contribution in [0.25, 0.3) is 5.76 Å². The maximum absolute atomic E-state index is 13.2. The third kappa shape index (κ3) is 9.12. The molecular formula is C34H46ClNO4. The Morgan fingerprint density at radius 2 is 1.27 bits per heavy atom. The Balaban J connectivity index is 1.55. The molecule has 6 heteroatoms. The molecule has 2 aromatic carbocycles. The van der Waals surface area contributed by atoms with Crippen LogP contribution in [0, 0.1) is 0 Å². The Bertz CT molecular complexity index is 1090. The first-order chi connectivity index (χ1) is 19.5. The molecule has 1 saturated heterocycles. The Morgan fingerprint density at radius 1 is 0.775 bits per heavy atom. The summed E-state index contributed by atoms with van der Waals surface area (Å²) in [5.74, 6) is -0.714. The Kier molecular flexibility index (Phi) is 13.6. The highest BCUT2D eigenvalue weighted by atomic mass is 35.5. The van der Waals surface area contributed by atoms with Gasteiger partial charge in [0.15, 0.2) is 0 Å². The van der Waals surface area contributed by atoms with E-state index in [-0.39, 0.29) is 11.3 Å². The Hall–Kier alpha value is -2.79. The molecule has 1 amide bonds. The molecule has 0 bridgehead atoms. The number of Topliss-reactive ketones (excluding diaryl/α,β-unsaturated/α-hetero) is 1. The molecule has 1 aliphatic heterocycles. The van der Waals surface area contributed by atoms with Crippen molar-refractivity contribution in [2.45, 2.75) is 103 Å². The van der Waals surface area contributed by atoms with Gasteiger partial charge < -0.3 is 14.7 Å². The number of ether oxygens (including phenoxy) is 1. The van der Waals surface area contributed by atoms with Crippen molar-refractivity contribution in [2.75, 3.05) is 13.7 Å². The van der Waals surface area contributed by atoms with Gasteiger partial charge in [-0.2, -0.15) is 0 Å². The number of likely N-dealkylation sites (tertiary alicyclic amines) is 1. The molecule has 2 aromatic rings. The summed E-state index contributed by atoms with van der Waals surface area (Å²) in [5, 5.41) is 11.7. The molecule has 218 valence electrons. The summed E-state index contributed by atoms with van der Waals surface area (Å²) in [6, 6.07) is 13.3. The van der Waals surface area contributed by atoms with Crippen LogP contribution in [-0.4, -0.2) is 35.4 Å². The summed E-state index contributed by atoms with van der Waals surface area (Å²) in [4.78, 5) is 28.0. The van der Waals surface area contributed by atoms with Gasteiger partial charge in [0, 0.05) is 17.1 Å². The molecule has 1 atom stereocenters. The van der Waals surface area contributed by atoms with Crippen molar-refractivity contribution < 1.29 is 19.4 Å². The molecule has 0 aliphatic carbocycles. The minimum absolute atomic E-state index is 0.114. The van der Waals surface area contributed by atoms with E-state index in [0.717, 1.165) is 24.8 Å². The van der Waals surface area contributed by atoms with Crippen molar-refractivity contribution in [3.8, 4) is 5.75 Å². The van der Waals surface area contributed by atoms with Crippen LogP contribution in [0.3, 0.4) is 0 Å². The highest BCUT2D eigenvalue weighted by Crippen LogP contribution is 2.40. The zero-order valence-electron chi connectivity index (χ0n) is 24.3. The van der Waals surface area contributed by atoms with Crippen molar-refractivity contribution in [1.29, 1.82) is 0 Å². The fourth-order valence-electron chi connectivity index (χ4n) is 5.48. The first-order valence-corrected chi connectivity index (χ1v) is 15.5. The predicted molar refractivity (Wildman–Crippen MR) is 164 cm³/mol. The van der Waals surface area contributed by atoms with E-state index in [1.165, 1.54) is 70.6 Å². The SMILES string of the molecule is CCCCCCCCCCCCCCCCN1C(=O)C(=O)/C(=C(/O)c2ccc(Cl)cc2)[C@H]1c1ccc(OC)cc1. The molecule has 40 heavy (non-hydrogen) atoms. The summed E-state index contributed by atoms with van der Waals surface area (Å²) >= 11 is 6.02. The van der Waals surface area contributed by atoms with E-state index in [1.54, 1.807) is 36.3 Å². The number of carbonyl (C=O) groups excluding carboxylic acids is 2. The van der Waals surface area contributed by atoms with Gasteiger partial charge in [-0.1, -0.05) is 114 Å². The number of halogens is 1. The monoisotopic (exact) mass is 567 g/mol. The average Bonchev–Trinajstić information content (AvgIpc) is 3.22. The highest BCUT2D eigenvalue weighted by molar-refractivity contribution is 6.46. The number of amides is 1. The van der Waals surface area contributed by atoms with Crippen molar-refractivity contribution >= 4 is 29.1 Å². The number of benzene rings is 2. The summed E-state index contributed by atoms with van der Waals surface area (Å²) in [5.41, 5.74) is 1.33. The number of hydrogen-bond donors (Lipinski definition) is 1. The third-order valence-electron chi connectivity index (χ3n) is 7.84. The van der Waals surface area contributed by atoms with Gasteiger partial charge in [-0.05, 0) is 48.4 Å². The number of nitrogens with zero attached hydrogens (tertiary/aromatic N) is 1. The molecule has 5 nitrogen and oxygen atoms in total. The standard InChI is InChI=1S/C34H46ClNO4/c1-3-4-5-6-7-8-9-10-11-12-13-14-15-16-25-36-31(26-19-23-29(40-2)24-20-26)30(33(38)34(36)39)32(37)27-17-21-28(35)22-18-27/h17-24,31,37H,3-16,25H2,1-2H3/b32-30+/t31-/m1/s1. The van der Waals surface area contributed by atoms with Crippen molar-refractivity contribution in [3.05, 3.63) is 70.3 Å². The normalized spacial score (nSPS) is 16.6. The highest BCUT2D eigenvalue weighted by Gasteiger charge is 2.45. The maximum atomic E-state index is 13.2. The molecule has 0 saturated carbocycles. The molecule has 1 heterocycles. The second kappa shape index (κ2) is 17.1. The van der Waals surface area contributed by atoms with E-state index < -0.39 is 17.7 Å². The van der Waals surface area contributed by atoms with E-state index in [4.69, 9.17) is 16.3 Å². The van der Waals surface area contributed by atoms with Crippen LogP contribution in [0.4, 0.5) is 0 Å². The van der Waals surface area contributed by atoms with E-state index in [9.17, 15) is 14.7 Å². The number of unbranched alkanes of at least 4 members (excludes halogenated alkanes) is 13. The predicted octanol–water partition coefficient (Wildman–Crippen LogP) is 9.25. The van der Waals surface area contributed by atoms with Gasteiger partial charge in [0.05, 0.1) is 18.7 Å². The van der Waals surface area contributed by atoms with Crippen LogP contribution in [0.15, 0.2) is 54.1 Å². The molecule has 0 unspecified atom stereocenters. The number of rotatable bonds is 18. The molecule has 0 aromatic heterocycles. The number of methoxy groups -OCH3 is 1. The fourth-order valence-corrected chi connectivity index (χ4v) is 5.61. The van der Waals surface area contributed by atoms with Crippen LogP contribution in [0.2, 0.25) is 5.02 Å².